The number of amides is 3. The van der Waals surface area contributed by atoms with Crippen molar-refractivity contribution in [3.8, 4) is 0 Å². The lowest BCUT2D eigenvalue weighted by Crippen LogP contribution is -2.28. The zero-order chi connectivity index (χ0) is 16.8. The van der Waals surface area contributed by atoms with E-state index in [-0.39, 0.29) is 18.4 Å². The minimum Gasteiger partial charge on any atom is -0.331 e. The molecule has 0 saturated heterocycles. The van der Waals surface area contributed by atoms with E-state index in [9.17, 15) is 9.59 Å². The third-order valence-corrected chi connectivity index (χ3v) is 3.46. The Hall–Kier alpha value is -2.82. The number of para-hydroxylation sites is 1. The molecule has 0 aliphatic heterocycles. The van der Waals surface area contributed by atoms with Crippen molar-refractivity contribution >= 4 is 23.3 Å². The van der Waals surface area contributed by atoms with E-state index < -0.39 is 0 Å². The van der Waals surface area contributed by atoms with Crippen molar-refractivity contribution in [1.82, 2.24) is 4.90 Å². The first-order chi connectivity index (χ1) is 11.0. The fourth-order valence-electron chi connectivity index (χ4n) is 2.08. The molecule has 3 amide bonds. The van der Waals surface area contributed by atoms with E-state index in [1.165, 1.54) is 4.90 Å². The first kappa shape index (κ1) is 16.5. The van der Waals surface area contributed by atoms with Crippen molar-refractivity contribution in [1.29, 1.82) is 0 Å². The van der Waals surface area contributed by atoms with Crippen molar-refractivity contribution in [3.05, 3.63) is 60.2 Å². The molecule has 0 aromatic heterocycles. The van der Waals surface area contributed by atoms with Crippen LogP contribution in [0.2, 0.25) is 0 Å². The molecule has 1 N–H and O–H groups in total. The summed E-state index contributed by atoms with van der Waals surface area (Å²) < 4.78 is 0. The average Bonchev–Trinajstić information content (AvgIpc) is 2.55. The van der Waals surface area contributed by atoms with Crippen LogP contribution in [0.5, 0.6) is 0 Å². The number of benzene rings is 2. The Labute approximate surface area is 136 Å². The summed E-state index contributed by atoms with van der Waals surface area (Å²) in [6.07, 6.45) is 0.275. The molecule has 0 spiro atoms. The highest BCUT2D eigenvalue weighted by molar-refractivity contribution is 5.94. The number of urea groups is 1. The van der Waals surface area contributed by atoms with Crippen LogP contribution in [0.4, 0.5) is 16.2 Å². The predicted molar refractivity (Wildman–Crippen MR) is 92.7 cm³/mol. The number of likely N-dealkylation sites (N-methyl/N-ethyl adjacent to an activating group) is 1. The van der Waals surface area contributed by atoms with Crippen LogP contribution in [0.3, 0.4) is 0 Å². The van der Waals surface area contributed by atoms with Gasteiger partial charge in [0.25, 0.3) is 0 Å². The van der Waals surface area contributed by atoms with Crippen LogP contribution >= 0.6 is 0 Å². The van der Waals surface area contributed by atoms with Crippen molar-refractivity contribution in [3.63, 3.8) is 0 Å². The molecule has 0 heterocycles. The molecule has 2 aromatic rings. The van der Waals surface area contributed by atoms with Gasteiger partial charge in [-0.25, -0.2) is 4.79 Å². The van der Waals surface area contributed by atoms with E-state index in [0.29, 0.717) is 5.69 Å². The van der Waals surface area contributed by atoms with Gasteiger partial charge in [-0.05, 0) is 29.8 Å². The molecule has 120 valence electrons. The molecular formula is C18H21N3O2. The largest absolute Gasteiger partial charge is 0.331 e. The van der Waals surface area contributed by atoms with Gasteiger partial charge in [-0.2, -0.15) is 0 Å². The first-order valence-corrected chi connectivity index (χ1v) is 7.36. The Morgan fingerprint density at radius 3 is 2.30 bits per heavy atom. The van der Waals surface area contributed by atoms with Gasteiger partial charge in [0.05, 0.1) is 6.42 Å². The highest BCUT2D eigenvalue weighted by Gasteiger charge is 2.12. The summed E-state index contributed by atoms with van der Waals surface area (Å²) in [6.45, 7) is 0. The molecule has 0 radical (unpaired) electrons. The predicted octanol–water partition coefficient (Wildman–Crippen LogP) is 2.99. The van der Waals surface area contributed by atoms with E-state index in [1.54, 1.807) is 32.1 Å². The van der Waals surface area contributed by atoms with E-state index in [2.05, 4.69) is 5.32 Å². The molecule has 23 heavy (non-hydrogen) atoms. The number of carbonyl (C=O) groups is 2. The fourth-order valence-corrected chi connectivity index (χ4v) is 2.08. The summed E-state index contributed by atoms with van der Waals surface area (Å²) in [5.41, 5.74) is 2.39. The second kappa shape index (κ2) is 7.45. The maximum atomic E-state index is 12.4. The Morgan fingerprint density at radius 2 is 1.65 bits per heavy atom. The average molecular weight is 311 g/mol. The molecule has 0 aliphatic carbocycles. The van der Waals surface area contributed by atoms with Crippen LogP contribution < -0.4 is 10.2 Å². The number of carbonyl (C=O) groups excluding carboxylic acids is 2. The van der Waals surface area contributed by atoms with Crippen LogP contribution in [0.1, 0.15) is 5.56 Å². The van der Waals surface area contributed by atoms with Crippen molar-refractivity contribution in [2.24, 2.45) is 0 Å². The Kier molecular flexibility index (Phi) is 5.36. The van der Waals surface area contributed by atoms with Gasteiger partial charge in [0, 0.05) is 32.5 Å². The summed E-state index contributed by atoms with van der Waals surface area (Å²) in [5.74, 6) is -0.00714. The van der Waals surface area contributed by atoms with Crippen LogP contribution in [-0.4, -0.2) is 38.0 Å². The van der Waals surface area contributed by atoms with E-state index >= 15 is 0 Å². The maximum absolute atomic E-state index is 12.4. The molecule has 0 bridgehead atoms. The standard InChI is InChI=1S/C18H21N3O2/c1-20(2)18(23)19-15-9-7-8-14(12-15)13-17(22)21(3)16-10-5-4-6-11-16/h4-12H,13H2,1-3H3,(H,19,23). The van der Waals surface area contributed by atoms with Gasteiger partial charge < -0.3 is 15.1 Å². The SMILES string of the molecule is CN(C)C(=O)Nc1cccc(CC(=O)N(C)c2ccccc2)c1. The van der Waals surface area contributed by atoms with Gasteiger partial charge in [0.1, 0.15) is 0 Å². The third kappa shape index (κ3) is 4.57. The minimum atomic E-state index is -0.199. The summed E-state index contributed by atoms with van der Waals surface area (Å²) in [5, 5.41) is 2.78. The van der Waals surface area contributed by atoms with Crippen molar-refractivity contribution < 1.29 is 9.59 Å². The zero-order valence-corrected chi connectivity index (χ0v) is 13.6. The minimum absolute atomic E-state index is 0.00714. The monoisotopic (exact) mass is 311 g/mol. The molecule has 0 saturated carbocycles. The number of nitrogens with one attached hydrogen (secondary N) is 1. The number of hydrogen-bond acceptors (Lipinski definition) is 2. The van der Waals surface area contributed by atoms with Gasteiger partial charge in [-0.3, -0.25) is 4.79 Å². The lowest BCUT2D eigenvalue weighted by Gasteiger charge is -2.17. The Bertz CT molecular complexity index is 684. The topological polar surface area (TPSA) is 52.7 Å². The van der Waals surface area contributed by atoms with E-state index in [1.807, 2.05) is 48.5 Å². The number of anilines is 2. The van der Waals surface area contributed by atoms with Gasteiger partial charge >= 0.3 is 6.03 Å². The first-order valence-electron chi connectivity index (χ1n) is 7.36. The molecule has 0 unspecified atom stereocenters. The van der Waals surface area contributed by atoms with Crippen molar-refractivity contribution in [2.45, 2.75) is 6.42 Å². The fraction of sp³-hybridized carbons (Fsp3) is 0.222. The van der Waals surface area contributed by atoms with E-state index in [0.717, 1.165) is 11.3 Å². The molecule has 5 nitrogen and oxygen atoms in total. The van der Waals surface area contributed by atoms with Crippen LogP contribution in [0.25, 0.3) is 0 Å². The van der Waals surface area contributed by atoms with Crippen LogP contribution in [-0.2, 0) is 11.2 Å². The molecule has 2 rings (SSSR count). The van der Waals surface area contributed by atoms with Gasteiger partial charge in [0.2, 0.25) is 5.91 Å². The third-order valence-electron chi connectivity index (χ3n) is 3.46. The number of nitrogens with zero attached hydrogens (tertiary/aromatic N) is 2. The van der Waals surface area contributed by atoms with Gasteiger partial charge in [-0.1, -0.05) is 30.3 Å². The Morgan fingerprint density at radius 1 is 0.957 bits per heavy atom. The lowest BCUT2D eigenvalue weighted by molar-refractivity contribution is -0.117. The van der Waals surface area contributed by atoms with Crippen LogP contribution in [0, 0.1) is 0 Å². The smallest absolute Gasteiger partial charge is 0.321 e. The molecule has 0 atom stereocenters. The summed E-state index contributed by atoms with van der Waals surface area (Å²) in [6, 6.07) is 16.6. The number of rotatable bonds is 4. The van der Waals surface area contributed by atoms with Crippen molar-refractivity contribution in [2.75, 3.05) is 31.4 Å². The summed E-state index contributed by atoms with van der Waals surface area (Å²) in [7, 11) is 5.12. The normalized spacial score (nSPS) is 10.0. The van der Waals surface area contributed by atoms with Gasteiger partial charge in [0.15, 0.2) is 0 Å². The quantitative estimate of drug-likeness (QED) is 0.943. The van der Waals surface area contributed by atoms with Gasteiger partial charge in [-0.15, -0.1) is 0 Å². The second-order valence-electron chi connectivity index (χ2n) is 5.49. The summed E-state index contributed by atoms with van der Waals surface area (Å²) in [4.78, 5) is 27.2. The van der Waals surface area contributed by atoms with Crippen LogP contribution in [0.15, 0.2) is 54.6 Å². The Balaban J connectivity index is 2.05. The molecule has 2 aromatic carbocycles. The molecule has 0 fully saturated rings. The molecular weight excluding hydrogens is 290 g/mol. The number of hydrogen-bond donors (Lipinski definition) is 1. The maximum Gasteiger partial charge on any atom is 0.321 e. The second-order valence-corrected chi connectivity index (χ2v) is 5.49. The highest BCUT2D eigenvalue weighted by atomic mass is 16.2. The zero-order valence-electron chi connectivity index (χ0n) is 13.6. The van der Waals surface area contributed by atoms with E-state index in [4.69, 9.17) is 0 Å². The molecule has 0 aliphatic rings. The summed E-state index contributed by atoms with van der Waals surface area (Å²) >= 11 is 0. The highest BCUT2D eigenvalue weighted by Crippen LogP contribution is 2.15. The lowest BCUT2D eigenvalue weighted by atomic mass is 10.1. The molecule has 5 heteroatoms.